The lowest BCUT2D eigenvalue weighted by Gasteiger charge is -2.26. The molecule has 0 aromatic carbocycles. The van der Waals surface area contributed by atoms with Crippen LogP contribution in [0, 0.1) is 11.7 Å². The molecule has 1 atom stereocenters. The van der Waals surface area contributed by atoms with Crippen LogP contribution >= 0.6 is 11.6 Å². The lowest BCUT2D eigenvalue weighted by Crippen LogP contribution is -2.42. The van der Waals surface area contributed by atoms with Gasteiger partial charge in [-0.25, -0.2) is 9.37 Å². The predicted molar refractivity (Wildman–Crippen MR) is 74.2 cm³/mol. The van der Waals surface area contributed by atoms with Crippen LogP contribution in [-0.2, 0) is 0 Å². The first-order valence-electron chi connectivity index (χ1n) is 6.97. The number of fused-ring (bicyclic) bond motifs is 4. The van der Waals surface area contributed by atoms with Crippen LogP contribution in [0.5, 0.6) is 0 Å². The van der Waals surface area contributed by atoms with Gasteiger partial charge in [-0.3, -0.25) is 4.79 Å². The van der Waals surface area contributed by atoms with Crippen LogP contribution in [0.25, 0.3) is 0 Å². The topological polar surface area (TPSA) is 45.2 Å². The van der Waals surface area contributed by atoms with Crippen molar-refractivity contribution in [3.05, 3.63) is 28.8 Å². The van der Waals surface area contributed by atoms with Gasteiger partial charge in [-0.15, -0.1) is 0 Å². The fourth-order valence-electron chi connectivity index (χ4n) is 3.10. The molecule has 108 valence electrons. The van der Waals surface area contributed by atoms with E-state index in [-0.39, 0.29) is 22.8 Å². The molecule has 0 aliphatic carbocycles. The van der Waals surface area contributed by atoms with Crippen molar-refractivity contribution < 1.29 is 9.18 Å². The van der Waals surface area contributed by atoms with E-state index in [9.17, 15) is 9.18 Å². The minimum Gasteiger partial charge on any atom is -0.347 e. The highest BCUT2D eigenvalue weighted by atomic mass is 35.5. The fourth-order valence-corrected chi connectivity index (χ4v) is 3.25. The first kappa shape index (κ1) is 13.8. The van der Waals surface area contributed by atoms with Crippen LogP contribution in [0.2, 0.25) is 5.15 Å². The van der Waals surface area contributed by atoms with E-state index >= 15 is 0 Å². The SMILES string of the molecule is O=C(N[C@@H]1CC2CCN(CC2)C1)c1ccc(F)c(Cl)n1. The molecule has 0 unspecified atom stereocenters. The van der Waals surface area contributed by atoms with Crippen LogP contribution in [0.15, 0.2) is 12.1 Å². The molecule has 1 aromatic rings. The number of halogens is 2. The maximum absolute atomic E-state index is 13.1. The lowest BCUT2D eigenvalue weighted by atomic mass is 9.94. The summed E-state index contributed by atoms with van der Waals surface area (Å²) in [6, 6.07) is 2.68. The van der Waals surface area contributed by atoms with E-state index in [1.54, 1.807) is 0 Å². The van der Waals surface area contributed by atoms with Crippen molar-refractivity contribution in [2.75, 3.05) is 19.6 Å². The summed E-state index contributed by atoms with van der Waals surface area (Å²) in [5.74, 6) is -0.190. The molecule has 3 aliphatic heterocycles. The van der Waals surface area contributed by atoms with Crippen LogP contribution < -0.4 is 5.32 Å². The van der Waals surface area contributed by atoms with Gasteiger partial charge in [0.05, 0.1) is 0 Å². The predicted octanol–water partition coefficient (Wildman–Crippen LogP) is 2.09. The maximum Gasteiger partial charge on any atom is 0.270 e. The van der Waals surface area contributed by atoms with Gasteiger partial charge in [-0.05, 0) is 50.4 Å². The second-order valence-electron chi connectivity index (χ2n) is 5.62. The first-order valence-corrected chi connectivity index (χ1v) is 7.35. The molecule has 1 amide bonds. The molecule has 3 fully saturated rings. The Morgan fingerprint density at radius 1 is 1.40 bits per heavy atom. The molecule has 0 saturated carbocycles. The Bertz CT molecular complexity index is 503. The third kappa shape index (κ3) is 2.94. The summed E-state index contributed by atoms with van der Waals surface area (Å²) in [5, 5.41) is 2.74. The quantitative estimate of drug-likeness (QED) is 0.850. The highest BCUT2D eigenvalue weighted by molar-refractivity contribution is 6.29. The molecule has 3 saturated heterocycles. The number of aromatic nitrogens is 1. The average molecular weight is 298 g/mol. The van der Waals surface area contributed by atoms with E-state index in [2.05, 4.69) is 15.2 Å². The Kier molecular flexibility index (Phi) is 3.89. The molecule has 4 nitrogen and oxygen atoms in total. The number of hydrogen-bond acceptors (Lipinski definition) is 3. The number of carbonyl (C=O) groups excluding carboxylic acids is 1. The molecule has 6 heteroatoms. The number of piperidine rings is 1. The third-order valence-electron chi connectivity index (χ3n) is 4.17. The van der Waals surface area contributed by atoms with Crippen molar-refractivity contribution in [1.29, 1.82) is 0 Å². The third-order valence-corrected chi connectivity index (χ3v) is 4.44. The second-order valence-corrected chi connectivity index (χ2v) is 5.98. The average Bonchev–Trinajstić information content (AvgIpc) is 2.74. The summed E-state index contributed by atoms with van der Waals surface area (Å²) in [6.07, 6.45) is 3.44. The summed E-state index contributed by atoms with van der Waals surface area (Å²) in [5.41, 5.74) is 0.169. The molecule has 3 aliphatic rings. The monoisotopic (exact) mass is 297 g/mol. The van der Waals surface area contributed by atoms with Crippen molar-refractivity contribution >= 4 is 17.5 Å². The zero-order chi connectivity index (χ0) is 14.1. The summed E-state index contributed by atoms with van der Waals surface area (Å²) in [6.45, 7) is 3.13. The van der Waals surface area contributed by atoms with Gasteiger partial charge in [-0.2, -0.15) is 0 Å². The van der Waals surface area contributed by atoms with Gasteiger partial charge in [-0.1, -0.05) is 11.6 Å². The van der Waals surface area contributed by atoms with Crippen LogP contribution in [0.1, 0.15) is 29.8 Å². The molecule has 0 radical (unpaired) electrons. The van der Waals surface area contributed by atoms with Gasteiger partial charge in [0.25, 0.3) is 5.91 Å². The molecule has 1 N–H and O–H groups in total. The minimum absolute atomic E-state index is 0.142. The van der Waals surface area contributed by atoms with Gasteiger partial charge in [0.15, 0.2) is 11.0 Å². The zero-order valence-electron chi connectivity index (χ0n) is 11.1. The Morgan fingerprint density at radius 3 is 2.85 bits per heavy atom. The van der Waals surface area contributed by atoms with Crippen LogP contribution in [0.4, 0.5) is 4.39 Å². The molecular weight excluding hydrogens is 281 g/mol. The largest absolute Gasteiger partial charge is 0.347 e. The van der Waals surface area contributed by atoms with Crippen LogP contribution in [-0.4, -0.2) is 41.5 Å². The number of rotatable bonds is 2. The highest BCUT2D eigenvalue weighted by Crippen LogP contribution is 2.26. The Balaban J connectivity index is 1.67. The Hall–Kier alpha value is -1.20. The van der Waals surface area contributed by atoms with Crippen molar-refractivity contribution in [3.63, 3.8) is 0 Å². The van der Waals surface area contributed by atoms with Crippen molar-refractivity contribution in [2.45, 2.75) is 25.3 Å². The number of nitrogens with one attached hydrogen (secondary N) is 1. The van der Waals surface area contributed by atoms with E-state index in [1.807, 2.05) is 0 Å². The van der Waals surface area contributed by atoms with Gasteiger partial charge in [0.1, 0.15) is 5.69 Å². The smallest absolute Gasteiger partial charge is 0.270 e. The van der Waals surface area contributed by atoms with Gasteiger partial charge in [0, 0.05) is 12.6 Å². The van der Waals surface area contributed by atoms with Crippen molar-refractivity contribution in [3.8, 4) is 0 Å². The van der Waals surface area contributed by atoms with E-state index in [1.165, 1.54) is 25.0 Å². The molecule has 2 bridgehead atoms. The zero-order valence-corrected chi connectivity index (χ0v) is 11.9. The number of amides is 1. The molecule has 4 heterocycles. The minimum atomic E-state index is -0.609. The molecule has 0 spiro atoms. The normalized spacial score (nSPS) is 29.0. The molecule has 20 heavy (non-hydrogen) atoms. The van der Waals surface area contributed by atoms with Crippen LogP contribution in [0.3, 0.4) is 0 Å². The standard InChI is InChI=1S/C14H17ClFN3O/c15-13-11(16)1-2-12(18-13)14(20)17-10-7-9-3-5-19(8-10)6-4-9/h1-2,9-10H,3-8H2,(H,17,20)/t10-/m1/s1. The first-order chi connectivity index (χ1) is 9.61. The number of pyridine rings is 1. The molecule has 4 rings (SSSR count). The van der Waals surface area contributed by atoms with Gasteiger partial charge < -0.3 is 10.2 Å². The summed E-state index contributed by atoms with van der Waals surface area (Å²) >= 11 is 5.61. The Morgan fingerprint density at radius 2 is 2.15 bits per heavy atom. The molecular formula is C14H17ClFN3O. The fraction of sp³-hybridized carbons (Fsp3) is 0.571. The van der Waals surface area contributed by atoms with E-state index in [0.717, 1.165) is 26.1 Å². The summed E-state index contributed by atoms with van der Waals surface area (Å²) < 4.78 is 13.1. The lowest BCUT2D eigenvalue weighted by molar-refractivity contribution is 0.0923. The van der Waals surface area contributed by atoms with Crippen molar-refractivity contribution in [2.24, 2.45) is 5.92 Å². The summed E-state index contributed by atoms with van der Waals surface area (Å²) in [7, 11) is 0. The molecule has 1 aromatic heterocycles. The Labute approximate surface area is 122 Å². The number of carbonyl (C=O) groups is 1. The van der Waals surface area contributed by atoms with E-state index in [4.69, 9.17) is 11.6 Å². The maximum atomic E-state index is 13.1. The van der Waals surface area contributed by atoms with Gasteiger partial charge in [0.2, 0.25) is 0 Å². The number of hydrogen-bond donors (Lipinski definition) is 1. The highest BCUT2D eigenvalue weighted by Gasteiger charge is 2.30. The second kappa shape index (κ2) is 5.66. The van der Waals surface area contributed by atoms with Gasteiger partial charge >= 0.3 is 0 Å². The van der Waals surface area contributed by atoms with E-state index < -0.39 is 5.82 Å². The summed E-state index contributed by atoms with van der Waals surface area (Å²) in [4.78, 5) is 18.3. The number of nitrogens with zero attached hydrogens (tertiary/aromatic N) is 2. The van der Waals surface area contributed by atoms with Crippen molar-refractivity contribution in [1.82, 2.24) is 15.2 Å². The van der Waals surface area contributed by atoms with E-state index in [0.29, 0.717) is 5.92 Å².